The van der Waals surface area contributed by atoms with Gasteiger partial charge < -0.3 is 9.64 Å². The maximum absolute atomic E-state index is 14.2. The van der Waals surface area contributed by atoms with Gasteiger partial charge in [-0.15, -0.1) is 0 Å². The maximum Gasteiger partial charge on any atom is 0.394 e. The summed E-state index contributed by atoms with van der Waals surface area (Å²) in [5.74, 6) is -0.747. The Morgan fingerprint density at radius 1 is 0.957 bits per heavy atom. The Hall–Kier alpha value is -4.45. The van der Waals surface area contributed by atoms with Crippen LogP contribution < -0.4 is 9.46 Å². The highest BCUT2D eigenvalue weighted by Gasteiger charge is 2.62. The van der Waals surface area contributed by atoms with Crippen molar-refractivity contribution in [1.82, 2.24) is 14.9 Å². The topological polar surface area (TPSA) is 101 Å². The molecule has 240 valence electrons. The van der Waals surface area contributed by atoms with Gasteiger partial charge in [-0.25, -0.2) is 18.1 Å². The molecule has 2 heterocycles. The highest BCUT2D eigenvalue weighted by Crippen LogP contribution is 2.60. The number of carbonyl (C=O) groups excluding carboxylic acids is 1. The Bertz CT molecular complexity index is 1860. The number of nitrogens with zero attached hydrogens (tertiary/aromatic N) is 3. The number of ether oxygens (including phenoxy) is 1. The minimum Gasteiger partial charge on any atom is -0.475 e. The van der Waals surface area contributed by atoms with E-state index in [4.69, 9.17) is 4.74 Å². The second-order valence-electron chi connectivity index (χ2n) is 12.0. The van der Waals surface area contributed by atoms with Gasteiger partial charge in [0.1, 0.15) is 6.61 Å². The van der Waals surface area contributed by atoms with Gasteiger partial charge in [0.25, 0.3) is 15.9 Å². The first-order valence-corrected chi connectivity index (χ1v) is 16.5. The molecular weight excluding hydrogens is 617 g/mol. The monoisotopic (exact) mass is 650 g/mol. The summed E-state index contributed by atoms with van der Waals surface area (Å²) in [6.07, 6.45) is -4.45. The Kier molecular flexibility index (Phi) is 8.26. The first-order chi connectivity index (χ1) is 21.8. The zero-order valence-corrected chi connectivity index (χ0v) is 26.2. The van der Waals surface area contributed by atoms with Crippen LogP contribution in [0.1, 0.15) is 52.7 Å². The summed E-state index contributed by atoms with van der Waals surface area (Å²) in [4.78, 5) is 24.3. The molecule has 0 saturated heterocycles. The van der Waals surface area contributed by atoms with Gasteiger partial charge in [0.2, 0.25) is 11.8 Å². The number of alkyl halides is 3. The number of hydrogen-bond acceptors (Lipinski definition) is 6. The molecule has 1 aliphatic carbocycles. The molecule has 1 aliphatic heterocycles. The minimum atomic E-state index is -4.36. The van der Waals surface area contributed by atoms with Crippen LogP contribution in [0.4, 0.5) is 19.1 Å². The SMILES string of the molecule is Cc1cccc(C)c1-c1cc2nc(n1)NS(=O)(=O)c1cccc(c1)C(=O)N(Cc1ccccc1)[C@H](CCC1(C(F)(F)F)CC1)CO2. The van der Waals surface area contributed by atoms with E-state index in [1.165, 1.54) is 29.2 Å². The molecule has 3 aromatic carbocycles. The van der Waals surface area contributed by atoms with Crippen molar-refractivity contribution in [2.45, 2.75) is 63.2 Å². The number of nitrogens with one attached hydrogen (secondary N) is 1. The van der Waals surface area contributed by atoms with Crippen molar-refractivity contribution >= 4 is 21.9 Å². The fourth-order valence-electron chi connectivity index (χ4n) is 5.96. The lowest BCUT2D eigenvalue weighted by Gasteiger charge is -2.33. The summed E-state index contributed by atoms with van der Waals surface area (Å²) in [5.41, 5.74) is 2.00. The average molecular weight is 651 g/mol. The summed E-state index contributed by atoms with van der Waals surface area (Å²) in [6.45, 7) is 3.70. The number of halogens is 3. The Morgan fingerprint density at radius 3 is 2.33 bits per heavy atom. The third-order valence-corrected chi connectivity index (χ3v) is 10.1. The number of carbonyl (C=O) groups is 1. The molecule has 1 fully saturated rings. The van der Waals surface area contributed by atoms with Gasteiger partial charge in [-0.3, -0.25) is 4.79 Å². The standard InChI is InChI=1S/C34H33F3N4O4S/c1-22-8-6-9-23(2)30(22)28-19-29-39-32(38-28)40-46(43,44)27-13-7-12-25(18-27)31(42)41(20-24-10-4-3-5-11-24)26(21-45-29)14-15-33(16-17-33)34(35,36)37/h3-13,18-19,26H,14-17,20-21H2,1-2H3,(H,38,39,40)/t26-/m1/s1. The molecule has 1 saturated carbocycles. The fraction of sp³-hybridized carbons (Fsp3) is 0.324. The molecule has 0 radical (unpaired) electrons. The molecule has 2 aliphatic rings. The summed E-state index contributed by atoms with van der Waals surface area (Å²) in [6, 6.07) is 21.1. The third-order valence-electron chi connectivity index (χ3n) is 8.79. The highest BCUT2D eigenvalue weighted by atomic mass is 32.2. The molecule has 12 heteroatoms. The van der Waals surface area contributed by atoms with Crippen molar-refractivity contribution in [2.24, 2.45) is 5.41 Å². The van der Waals surface area contributed by atoms with Gasteiger partial charge in [-0.05, 0) is 74.4 Å². The molecule has 1 N–H and O–H groups in total. The predicted octanol–water partition coefficient (Wildman–Crippen LogP) is 7.09. The van der Waals surface area contributed by atoms with Gasteiger partial charge >= 0.3 is 6.18 Å². The summed E-state index contributed by atoms with van der Waals surface area (Å²) >= 11 is 0. The third kappa shape index (κ3) is 6.44. The quantitative estimate of drug-likeness (QED) is 0.239. The van der Waals surface area contributed by atoms with Gasteiger partial charge in [0.15, 0.2) is 0 Å². The zero-order chi connectivity index (χ0) is 32.7. The number of aromatic nitrogens is 2. The van der Waals surface area contributed by atoms with E-state index in [0.717, 1.165) is 22.3 Å². The predicted molar refractivity (Wildman–Crippen MR) is 167 cm³/mol. The van der Waals surface area contributed by atoms with Crippen LogP contribution in [-0.2, 0) is 16.6 Å². The van der Waals surface area contributed by atoms with Crippen molar-refractivity contribution in [3.63, 3.8) is 0 Å². The number of fused-ring (bicyclic) bond motifs is 4. The van der Waals surface area contributed by atoms with E-state index in [2.05, 4.69) is 14.7 Å². The van der Waals surface area contributed by atoms with E-state index in [1.54, 1.807) is 6.07 Å². The molecular formula is C34H33F3N4O4S. The van der Waals surface area contributed by atoms with E-state index in [1.807, 2.05) is 62.4 Å². The van der Waals surface area contributed by atoms with Crippen LogP contribution in [0.15, 0.2) is 83.8 Å². The van der Waals surface area contributed by atoms with E-state index < -0.39 is 33.6 Å². The normalized spacial score (nSPS) is 18.8. The first kappa shape index (κ1) is 31.5. The largest absolute Gasteiger partial charge is 0.475 e. The number of anilines is 1. The van der Waals surface area contributed by atoms with Crippen LogP contribution in [0, 0.1) is 19.3 Å². The number of rotatable bonds is 6. The Balaban J connectivity index is 1.48. The van der Waals surface area contributed by atoms with Crippen LogP contribution in [-0.4, -0.2) is 48.0 Å². The lowest BCUT2D eigenvalue weighted by atomic mass is 9.95. The van der Waals surface area contributed by atoms with Crippen LogP contribution >= 0.6 is 0 Å². The second kappa shape index (κ2) is 12.1. The molecule has 1 amide bonds. The molecule has 0 unspecified atom stereocenters. The molecule has 0 spiro atoms. The first-order valence-electron chi connectivity index (χ1n) is 15.0. The van der Waals surface area contributed by atoms with Gasteiger partial charge in [0.05, 0.1) is 22.0 Å². The van der Waals surface area contributed by atoms with Crippen LogP contribution in [0.3, 0.4) is 0 Å². The molecule has 8 nitrogen and oxygen atoms in total. The summed E-state index contributed by atoms with van der Waals surface area (Å²) in [5, 5.41) is 0. The van der Waals surface area contributed by atoms with Gasteiger partial charge in [-0.2, -0.15) is 18.2 Å². The van der Waals surface area contributed by atoms with Crippen molar-refractivity contribution in [3.05, 3.63) is 101 Å². The number of hydrogen-bond donors (Lipinski definition) is 1. The average Bonchev–Trinajstić information content (AvgIpc) is 3.81. The highest BCUT2D eigenvalue weighted by molar-refractivity contribution is 7.92. The number of benzene rings is 3. The molecule has 4 aromatic rings. The van der Waals surface area contributed by atoms with Crippen LogP contribution in [0.2, 0.25) is 0 Å². The maximum atomic E-state index is 14.2. The molecule has 46 heavy (non-hydrogen) atoms. The lowest BCUT2D eigenvalue weighted by Crippen LogP contribution is -2.44. The smallest absolute Gasteiger partial charge is 0.394 e. The van der Waals surface area contributed by atoms with Crippen LogP contribution in [0.25, 0.3) is 11.3 Å². The molecule has 6 rings (SSSR count). The zero-order valence-electron chi connectivity index (χ0n) is 25.3. The van der Waals surface area contributed by atoms with Crippen LogP contribution in [0.5, 0.6) is 5.88 Å². The summed E-state index contributed by atoms with van der Waals surface area (Å²) < 4.78 is 77.7. The number of aryl methyl sites for hydroxylation is 2. The summed E-state index contributed by atoms with van der Waals surface area (Å²) in [7, 11) is -4.26. The number of amides is 1. The minimum absolute atomic E-state index is 0.00994. The second-order valence-corrected chi connectivity index (χ2v) is 13.7. The molecule has 4 bridgehead atoms. The molecule has 1 aromatic heterocycles. The lowest BCUT2D eigenvalue weighted by molar-refractivity contribution is -0.189. The Labute approximate surface area is 265 Å². The van der Waals surface area contributed by atoms with Crippen molar-refractivity contribution in [3.8, 4) is 17.1 Å². The fourth-order valence-corrected chi connectivity index (χ4v) is 6.95. The van der Waals surface area contributed by atoms with Gasteiger partial charge in [-0.1, -0.05) is 54.6 Å². The number of sulfonamides is 1. The van der Waals surface area contributed by atoms with E-state index in [9.17, 15) is 26.4 Å². The van der Waals surface area contributed by atoms with E-state index in [-0.39, 0.29) is 61.1 Å². The van der Waals surface area contributed by atoms with Gasteiger partial charge in [0, 0.05) is 23.7 Å². The van der Waals surface area contributed by atoms with Crippen molar-refractivity contribution < 1.29 is 31.1 Å². The van der Waals surface area contributed by atoms with E-state index in [0.29, 0.717) is 5.69 Å². The Morgan fingerprint density at radius 2 is 1.65 bits per heavy atom. The molecule has 1 atom stereocenters. The van der Waals surface area contributed by atoms with Crippen molar-refractivity contribution in [1.29, 1.82) is 0 Å². The van der Waals surface area contributed by atoms with E-state index >= 15 is 0 Å². The van der Waals surface area contributed by atoms with Crippen molar-refractivity contribution in [2.75, 3.05) is 11.3 Å².